The van der Waals surface area contributed by atoms with Gasteiger partial charge in [0.2, 0.25) is 15.6 Å². The summed E-state index contributed by atoms with van der Waals surface area (Å²) in [6.45, 7) is 3.85. The lowest BCUT2D eigenvalue weighted by atomic mass is 10.1. The Bertz CT molecular complexity index is 1500. The van der Waals surface area contributed by atoms with Gasteiger partial charge in [0.15, 0.2) is 0 Å². The van der Waals surface area contributed by atoms with E-state index in [2.05, 4.69) is 5.32 Å². The van der Waals surface area contributed by atoms with Crippen molar-refractivity contribution >= 4 is 54.9 Å². The molecule has 0 bridgehead atoms. The number of hydrogen-bond acceptors (Lipinski definition) is 6. The summed E-state index contributed by atoms with van der Waals surface area (Å²) in [5, 5.41) is 3.75. The van der Waals surface area contributed by atoms with Crippen molar-refractivity contribution in [2.24, 2.45) is 0 Å². The van der Waals surface area contributed by atoms with Crippen LogP contribution in [-0.2, 0) is 9.84 Å². The Kier molecular flexibility index (Phi) is 6.49. The van der Waals surface area contributed by atoms with Crippen LogP contribution in [-0.4, -0.2) is 14.2 Å². The number of rotatable bonds is 6. The number of anilines is 3. The van der Waals surface area contributed by atoms with Crippen molar-refractivity contribution in [1.82, 2.24) is 0 Å². The second-order valence-electron chi connectivity index (χ2n) is 7.74. The molecule has 1 aromatic heterocycles. The highest BCUT2D eigenvalue weighted by atomic mass is 35.5. The number of carbonyl (C=O) groups excluding carboxylic acids is 1. The molecule has 0 aliphatic carbocycles. The average molecular weight is 515 g/mol. The quantitative estimate of drug-likeness (QED) is 0.285. The molecule has 174 valence electrons. The Morgan fingerprint density at radius 3 is 2.26 bits per heavy atom. The van der Waals surface area contributed by atoms with Crippen molar-refractivity contribution in [2.75, 3.05) is 11.1 Å². The molecular weight excluding hydrogens is 495 g/mol. The third-order valence-corrected chi connectivity index (χ3v) is 8.59. The van der Waals surface area contributed by atoms with Gasteiger partial charge < -0.3 is 11.1 Å². The smallest absolute Gasteiger partial charge is 0.211 e. The zero-order valence-electron chi connectivity index (χ0n) is 18.2. The molecule has 34 heavy (non-hydrogen) atoms. The standard InChI is InChI=1S/C25H20ClFN2O3S2/c1-14-3-12-20(15(2)13-14)29-25-24(34(31,32)19-10-6-17(26)7-11-19)21(28)23(33-25)22(30)16-4-8-18(27)9-5-16/h3-13,29H,28H2,1-2H3. The molecule has 1 heterocycles. The Morgan fingerprint density at radius 2 is 1.65 bits per heavy atom. The number of benzene rings is 3. The van der Waals surface area contributed by atoms with Gasteiger partial charge in [0, 0.05) is 16.3 Å². The van der Waals surface area contributed by atoms with Gasteiger partial charge in [-0.2, -0.15) is 0 Å². The van der Waals surface area contributed by atoms with E-state index in [-0.39, 0.29) is 30.9 Å². The molecule has 4 rings (SSSR count). The van der Waals surface area contributed by atoms with E-state index >= 15 is 0 Å². The second kappa shape index (κ2) is 9.21. The third-order valence-electron chi connectivity index (χ3n) is 5.24. The lowest BCUT2D eigenvalue weighted by Gasteiger charge is -2.12. The van der Waals surface area contributed by atoms with Crippen LogP contribution in [0.1, 0.15) is 26.4 Å². The minimum Gasteiger partial charge on any atom is -0.396 e. The summed E-state index contributed by atoms with van der Waals surface area (Å²) in [6.07, 6.45) is 0. The molecule has 0 saturated carbocycles. The van der Waals surface area contributed by atoms with Crippen molar-refractivity contribution in [3.8, 4) is 0 Å². The first-order valence-electron chi connectivity index (χ1n) is 10.2. The Labute approximate surface area is 205 Å². The summed E-state index contributed by atoms with van der Waals surface area (Å²) in [7, 11) is -4.11. The van der Waals surface area contributed by atoms with E-state index in [0.717, 1.165) is 34.6 Å². The lowest BCUT2D eigenvalue weighted by Crippen LogP contribution is -2.08. The molecule has 0 amide bonds. The monoisotopic (exact) mass is 514 g/mol. The topological polar surface area (TPSA) is 89.3 Å². The highest BCUT2D eigenvalue weighted by Gasteiger charge is 2.32. The van der Waals surface area contributed by atoms with Crippen molar-refractivity contribution in [1.29, 1.82) is 0 Å². The molecule has 3 aromatic carbocycles. The summed E-state index contributed by atoms with van der Waals surface area (Å²) in [5.74, 6) is -0.984. The summed E-state index contributed by atoms with van der Waals surface area (Å²) < 4.78 is 40.6. The van der Waals surface area contributed by atoms with Gasteiger partial charge in [0.25, 0.3) is 0 Å². The first-order chi connectivity index (χ1) is 16.1. The molecule has 0 radical (unpaired) electrons. The maximum atomic E-state index is 13.6. The van der Waals surface area contributed by atoms with Crippen molar-refractivity contribution in [2.45, 2.75) is 23.6 Å². The van der Waals surface area contributed by atoms with Crippen LogP contribution >= 0.6 is 22.9 Å². The summed E-state index contributed by atoms with van der Waals surface area (Å²) >= 11 is 6.87. The Hall–Kier alpha value is -3.20. The lowest BCUT2D eigenvalue weighted by molar-refractivity contribution is 0.104. The van der Waals surface area contributed by atoms with Gasteiger partial charge in [-0.1, -0.05) is 29.3 Å². The molecule has 0 saturated heterocycles. The van der Waals surface area contributed by atoms with Crippen LogP contribution in [0.4, 0.5) is 20.8 Å². The number of carbonyl (C=O) groups is 1. The Balaban J connectivity index is 1.89. The van der Waals surface area contributed by atoms with Crippen LogP contribution in [0.5, 0.6) is 0 Å². The molecule has 0 aliphatic rings. The number of nitrogens with one attached hydrogen (secondary N) is 1. The summed E-state index contributed by atoms with van der Waals surface area (Å²) in [4.78, 5) is 13.0. The molecule has 0 atom stereocenters. The SMILES string of the molecule is Cc1ccc(Nc2sc(C(=O)c3ccc(F)cc3)c(N)c2S(=O)(=O)c2ccc(Cl)cc2)c(C)c1. The summed E-state index contributed by atoms with van der Waals surface area (Å²) in [5.41, 5.74) is 8.97. The molecule has 3 N–H and O–H groups in total. The maximum absolute atomic E-state index is 13.6. The largest absolute Gasteiger partial charge is 0.396 e. The summed E-state index contributed by atoms with van der Waals surface area (Å²) in [6, 6.07) is 16.4. The highest BCUT2D eigenvalue weighted by molar-refractivity contribution is 7.92. The number of ketones is 1. The van der Waals surface area contributed by atoms with Gasteiger partial charge in [-0.15, -0.1) is 11.3 Å². The molecule has 4 aromatic rings. The van der Waals surface area contributed by atoms with Gasteiger partial charge in [0.1, 0.15) is 20.6 Å². The van der Waals surface area contributed by atoms with E-state index in [9.17, 15) is 17.6 Å². The number of sulfone groups is 1. The minimum absolute atomic E-state index is 0.00846. The van der Waals surface area contributed by atoms with Crippen molar-refractivity contribution in [3.05, 3.63) is 99.1 Å². The number of hydrogen-bond donors (Lipinski definition) is 2. The Morgan fingerprint density at radius 1 is 1.00 bits per heavy atom. The molecule has 0 unspecified atom stereocenters. The predicted octanol–water partition coefficient (Wildman–Crippen LogP) is 6.55. The van der Waals surface area contributed by atoms with E-state index in [4.69, 9.17) is 17.3 Å². The molecule has 5 nitrogen and oxygen atoms in total. The fraction of sp³-hybridized carbons (Fsp3) is 0.0800. The van der Waals surface area contributed by atoms with E-state index in [0.29, 0.717) is 10.7 Å². The van der Waals surface area contributed by atoms with Gasteiger partial charge >= 0.3 is 0 Å². The molecule has 9 heteroatoms. The van der Waals surface area contributed by atoms with Gasteiger partial charge in [-0.05, 0) is 74.0 Å². The van der Waals surface area contributed by atoms with Crippen LogP contribution in [0.15, 0.2) is 76.5 Å². The fourth-order valence-electron chi connectivity index (χ4n) is 3.49. The first-order valence-corrected chi connectivity index (χ1v) is 12.8. The number of nitrogens with two attached hydrogens (primary N) is 1. The number of aryl methyl sites for hydroxylation is 2. The molecule has 0 aliphatic heterocycles. The van der Waals surface area contributed by atoms with E-state index in [1.165, 1.54) is 36.4 Å². The van der Waals surface area contributed by atoms with E-state index < -0.39 is 21.4 Å². The van der Waals surface area contributed by atoms with Gasteiger partial charge in [0.05, 0.1) is 10.6 Å². The second-order valence-corrected chi connectivity index (χ2v) is 11.1. The number of halogens is 2. The molecule has 0 spiro atoms. The predicted molar refractivity (Wildman–Crippen MR) is 135 cm³/mol. The third kappa shape index (κ3) is 4.57. The number of thiophene rings is 1. The fourth-order valence-corrected chi connectivity index (χ4v) is 6.54. The first kappa shape index (κ1) is 23.9. The normalized spacial score (nSPS) is 11.4. The van der Waals surface area contributed by atoms with E-state index in [1.54, 1.807) is 0 Å². The van der Waals surface area contributed by atoms with Crippen molar-refractivity contribution < 1.29 is 17.6 Å². The van der Waals surface area contributed by atoms with Gasteiger partial charge in [-0.3, -0.25) is 4.79 Å². The van der Waals surface area contributed by atoms with Crippen molar-refractivity contribution in [3.63, 3.8) is 0 Å². The molecule has 0 fully saturated rings. The van der Waals surface area contributed by atoms with Crippen LogP contribution in [0, 0.1) is 19.7 Å². The molecular formula is C25H20ClFN2O3S2. The number of nitrogen functional groups attached to an aromatic ring is 1. The zero-order chi connectivity index (χ0) is 24.6. The van der Waals surface area contributed by atoms with Crippen LogP contribution in [0.25, 0.3) is 0 Å². The van der Waals surface area contributed by atoms with Crippen LogP contribution < -0.4 is 11.1 Å². The van der Waals surface area contributed by atoms with E-state index in [1.807, 2.05) is 32.0 Å². The van der Waals surface area contributed by atoms with Gasteiger partial charge in [-0.25, -0.2) is 12.8 Å². The van der Waals surface area contributed by atoms with Crippen LogP contribution in [0.3, 0.4) is 0 Å². The highest BCUT2D eigenvalue weighted by Crippen LogP contribution is 2.44. The zero-order valence-corrected chi connectivity index (χ0v) is 20.6. The minimum atomic E-state index is -4.11. The maximum Gasteiger partial charge on any atom is 0.211 e. The van der Waals surface area contributed by atoms with Crippen LogP contribution in [0.2, 0.25) is 5.02 Å². The average Bonchev–Trinajstić information content (AvgIpc) is 3.12.